The van der Waals surface area contributed by atoms with Crippen LogP contribution in [0.2, 0.25) is 0 Å². The minimum atomic E-state index is -0.0576. The Kier molecular flexibility index (Phi) is 7.56. The summed E-state index contributed by atoms with van der Waals surface area (Å²) in [4.78, 5) is 15.3. The largest absolute Gasteiger partial charge is 0.345 e. The molecule has 0 aliphatic heterocycles. The highest BCUT2D eigenvalue weighted by atomic mass is 16.2. The van der Waals surface area contributed by atoms with Crippen molar-refractivity contribution in [1.82, 2.24) is 9.47 Å². The van der Waals surface area contributed by atoms with Crippen LogP contribution in [0, 0.1) is 12.8 Å². The number of carbonyl (C=O) groups is 1. The van der Waals surface area contributed by atoms with Crippen LogP contribution >= 0.6 is 0 Å². The number of amides is 2. The maximum Gasteiger partial charge on any atom is 0.322 e. The van der Waals surface area contributed by atoms with E-state index in [0.29, 0.717) is 12.5 Å². The first-order valence-electron chi connectivity index (χ1n) is 11.2. The highest BCUT2D eigenvalue weighted by molar-refractivity contribution is 5.89. The Bertz CT molecular complexity index is 1000. The van der Waals surface area contributed by atoms with Gasteiger partial charge in [-0.25, -0.2) is 4.79 Å². The fraction of sp³-hybridized carbons (Fsp3) is 0.370. The van der Waals surface area contributed by atoms with Gasteiger partial charge in [0.15, 0.2) is 0 Å². The topological polar surface area (TPSA) is 37.3 Å². The van der Waals surface area contributed by atoms with E-state index in [9.17, 15) is 4.79 Å². The lowest BCUT2D eigenvalue weighted by atomic mass is 10.0. The van der Waals surface area contributed by atoms with Crippen LogP contribution in [0.4, 0.5) is 10.5 Å². The van der Waals surface area contributed by atoms with Gasteiger partial charge >= 0.3 is 6.03 Å². The maximum atomic E-state index is 13.3. The Morgan fingerprint density at radius 1 is 1.00 bits per heavy atom. The summed E-state index contributed by atoms with van der Waals surface area (Å²) in [5.74, 6) is 0.355. The molecule has 1 N–H and O–H groups in total. The van der Waals surface area contributed by atoms with E-state index in [1.54, 1.807) is 0 Å². The van der Waals surface area contributed by atoms with Crippen molar-refractivity contribution in [3.63, 3.8) is 0 Å². The Labute approximate surface area is 186 Å². The van der Waals surface area contributed by atoms with E-state index in [1.165, 1.54) is 16.7 Å². The van der Waals surface area contributed by atoms with Gasteiger partial charge in [0, 0.05) is 30.2 Å². The third kappa shape index (κ3) is 6.00. The average molecular weight is 418 g/mol. The number of rotatable bonds is 8. The summed E-state index contributed by atoms with van der Waals surface area (Å²) in [5, 5.41) is 3.12. The molecule has 1 heterocycles. The van der Waals surface area contributed by atoms with Crippen molar-refractivity contribution < 1.29 is 4.79 Å². The molecule has 3 rings (SSSR count). The maximum absolute atomic E-state index is 13.3. The summed E-state index contributed by atoms with van der Waals surface area (Å²) in [6.07, 6.45) is 3.04. The van der Waals surface area contributed by atoms with Crippen LogP contribution in [0.25, 0.3) is 0 Å². The molecule has 0 bridgehead atoms. The van der Waals surface area contributed by atoms with Gasteiger partial charge in [-0.15, -0.1) is 0 Å². The fourth-order valence-electron chi connectivity index (χ4n) is 3.75. The first kappa shape index (κ1) is 22.7. The van der Waals surface area contributed by atoms with Crippen LogP contribution in [0.3, 0.4) is 0 Å². The number of hydrogen-bond donors (Lipinski definition) is 1. The Morgan fingerprint density at radius 2 is 1.74 bits per heavy atom. The second-order valence-electron chi connectivity index (χ2n) is 8.71. The number of nitrogens with zero attached hydrogens (tertiary/aromatic N) is 2. The van der Waals surface area contributed by atoms with Crippen molar-refractivity contribution >= 4 is 11.7 Å². The van der Waals surface area contributed by atoms with E-state index in [2.05, 4.69) is 99.2 Å². The lowest BCUT2D eigenvalue weighted by Gasteiger charge is -2.32. The third-order valence-corrected chi connectivity index (χ3v) is 6.00. The summed E-state index contributed by atoms with van der Waals surface area (Å²) >= 11 is 0. The normalized spacial score (nSPS) is 12.1. The summed E-state index contributed by atoms with van der Waals surface area (Å²) in [6.45, 7) is 12.1. The standard InChI is InChI=1S/C27H35N3O/c1-6-23-11-8-13-25(17-23)28-27(31)30(22(5)20(2)3)19-26-14-9-15-29(26)18-24-12-7-10-21(4)16-24/h7-17,20,22H,6,18-19H2,1-5H3,(H,28,31)/t22-/m0/s1. The third-order valence-electron chi connectivity index (χ3n) is 6.00. The molecule has 0 saturated carbocycles. The Morgan fingerprint density at radius 3 is 2.45 bits per heavy atom. The number of hydrogen-bond acceptors (Lipinski definition) is 1. The molecule has 1 aromatic heterocycles. The van der Waals surface area contributed by atoms with Crippen molar-refractivity contribution in [2.24, 2.45) is 5.92 Å². The molecule has 2 amide bonds. The number of aromatic nitrogens is 1. The highest BCUT2D eigenvalue weighted by Crippen LogP contribution is 2.19. The average Bonchev–Trinajstić information content (AvgIpc) is 3.18. The molecule has 164 valence electrons. The van der Waals surface area contributed by atoms with Crippen molar-refractivity contribution in [3.05, 3.63) is 89.2 Å². The summed E-state index contributed by atoms with van der Waals surface area (Å²) in [7, 11) is 0. The van der Waals surface area contributed by atoms with Crippen molar-refractivity contribution in [2.45, 2.75) is 60.2 Å². The number of aryl methyl sites for hydroxylation is 2. The van der Waals surface area contributed by atoms with Crippen LogP contribution in [0.1, 0.15) is 50.1 Å². The number of benzene rings is 2. The van der Waals surface area contributed by atoms with Gasteiger partial charge in [0.05, 0.1) is 6.54 Å². The minimum absolute atomic E-state index is 0.0576. The number of nitrogens with one attached hydrogen (secondary N) is 1. The van der Waals surface area contributed by atoms with E-state index >= 15 is 0 Å². The second-order valence-corrected chi connectivity index (χ2v) is 8.71. The summed E-state index contributed by atoms with van der Waals surface area (Å²) in [5.41, 5.74) is 5.72. The number of urea groups is 1. The lowest BCUT2D eigenvalue weighted by molar-refractivity contribution is 0.168. The van der Waals surface area contributed by atoms with Crippen LogP contribution in [-0.2, 0) is 19.5 Å². The van der Waals surface area contributed by atoms with Crippen molar-refractivity contribution in [1.29, 1.82) is 0 Å². The van der Waals surface area contributed by atoms with E-state index in [0.717, 1.165) is 24.3 Å². The molecule has 31 heavy (non-hydrogen) atoms. The quantitative estimate of drug-likeness (QED) is 0.447. The first-order chi connectivity index (χ1) is 14.9. The molecular formula is C27H35N3O. The summed E-state index contributed by atoms with van der Waals surface area (Å²) in [6, 6.07) is 20.9. The molecule has 1 atom stereocenters. The zero-order valence-corrected chi connectivity index (χ0v) is 19.4. The van der Waals surface area contributed by atoms with Gasteiger partial charge < -0.3 is 14.8 Å². The molecule has 0 aliphatic rings. The fourth-order valence-corrected chi connectivity index (χ4v) is 3.75. The van der Waals surface area contributed by atoms with Crippen LogP contribution in [0.15, 0.2) is 66.9 Å². The van der Waals surface area contributed by atoms with Crippen LogP contribution in [0.5, 0.6) is 0 Å². The zero-order valence-electron chi connectivity index (χ0n) is 19.4. The predicted octanol–water partition coefficient (Wildman–Crippen LogP) is 6.49. The molecule has 0 spiro atoms. The number of anilines is 1. The zero-order chi connectivity index (χ0) is 22.4. The van der Waals surface area contributed by atoms with Crippen LogP contribution in [-0.4, -0.2) is 21.5 Å². The SMILES string of the molecule is CCc1cccc(NC(=O)N(Cc2cccn2Cc2cccc(C)c2)[C@@H](C)C(C)C)c1. The second kappa shape index (κ2) is 10.3. The minimum Gasteiger partial charge on any atom is -0.345 e. The van der Waals surface area contributed by atoms with Crippen molar-refractivity contribution in [3.8, 4) is 0 Å². The Balaban J connectivity index is 1.80. The molecule has 0 aliphatic carbocycles. The van der Waals surface area contributed by atoms with Gasteiger partial charge in [-0.2, -0.15) is 0 Å². The molecule has 0 saturated heterocycles. The highest BCUT2D eigenvalue weighted by Gasteiger charge is 2.24. The summed E-state index contributed by atoms with van der Waals surface area (Å²) < 4.78 is 2.24. The van der Waals surface area contributed by atoms with Gasteiger partial charge in [-0.3, -0.25) is 0 Å². The first-order valence-corrected chi connectivity index (χ1v) is 11.2. The van der Waals surface area contributed by atoms with Gasteiger partial charge in [-0.1, -0.05) is 62.7 Å². The molecule has 4 nitrogen and oxygen atoms in total. The molecule has 0 radical (unpaired) electrons. The smallest absolute Gasteiger partial charge is 0.322 e. The van der Waals surface area contributed by atoms with Crippen molar-refractivity contribution in [2.75, 3.05) is 5.32 Å². The monoisotopic (exact) mass is 417 g/mol. The lowest BCUT2D eigenvalue weighted by Crippen LogP contribution is -2.43. The van der Waals surface area contributed by atoms with E-state index in [4.69, 9.17) is 0 Å². The molecule has 4 heteroatoms. The predicted molar refractivity (Wildman–Crippen MR) is 129 cm³/mol. The van der Waals surface area contributed by atoms with Gasteiger partial charge in [-0.05, 0) is 61.6 Å². The molecule has 0 fully saturated rings. The molecule has 2 aromatic carbocycles. The number of carbonyl (C=O) groups excluding carboxylic acids is 1. The van der Waals surface area contributed by atoms with E-state index < -0.39 is 0 Å². The van der Waals surface area contributed by atoms with Gasteiger partial charge in [0.1, 0.15) is 0 Å². The van der Waals surface area contributed by atoms with Gasteiger partial charge in [0.2, 0.25) is 0 Å². The van der Waals surface area contributed by atoms with E-state index in [1.807, 2.05) is 17.0 Å². The molecular weight excluding hydrogens is 382 g/mol. The molecule has 3 aromatic rings. The molecule has 0 unspecified atom stereocenters. The Hall–Kier alpha value is -3.01. The van der Waals surface area contributed by atoms with Gasteiger partial charge in [0.25, 0.3) is 0 Å². The van der Waals surface area contributed by atoms with E-state index in [-0.39, 0.29) is 12.1 Å². The van der Waals surface area contributed by atoms with Crippen LogP contribution < -0.4 is 5.32 Å².